The van der Waals surface area contributed by atoms with Crippen LogP contribution in [0.2, 0.25) is 0 Å². The van der Waals surface area contributed by atoms with E-state index in [4.69, 9.17) is 21.6 Å². The second kappa shape index (κ2) is 4.08. The summed E-state index contributed by atoms with van der Waals surface area (Å²) >= 11 is 0. The quantitative estimate of drug-likeness (QED) is 0.521. The monoisotopic (exact) mass is 236 g/mol. The van der Waals surface area contributed by atoms with Gasteiger partial charge in [0.25, 0.3) is 0 Å². The number of anilines is 3. The Labute approximate surface area is 96.0 Å². The highest BCUT2D eigenvalue weighted by Crippen LogP contribution is 2.08. The van der Waals surface area contributed by atoms with Crippen LogP contribution in [0.4, 0.5) is 17.5 Å². The van der Waals surface area contributed by atoms with Crippen LogP contribution < -0.4 is 22.7 Å². The van der Waals surface area contributed by atoms with Gasteiger partial charge in [-0.25, -0.2) is 4.98 Å². The molecule has 8 nitrogen and oxygen atoms in total. The molecule has 2 rings (SSSR count). The fourth-order valence-corrected chi connectivity index (χ4v) is 1.26. The third kappa shape index (κ3) is 2.00. The second-order valence-corrected chi connectivity index (χ2v) is 3.35. The van der Waals surface area contributed by atoms with Crippen molar-refractivity contribution in [2.45, 2.75) is 6.54 Å². The predicted molar refractivity (Wildman–Crippen MR) is 60.6 cm³/mol. The van der Waals surface area contributed by atoms with E-state index in [1.165, 1.54) is 12.5 Å². The number of nitrogen functional groups attached to an aromatic ring is 3. The zero-order chi connectivity index (χ0) is 12.4. The molecule has 0 saturated heterocycles. The van der Waals surface area contributed by atoms with Gasteiger partial charge in [0.05, 0.1) is 19.1 Å². The van der Waals surface area contributed by atoms with E-state index in [0.717, 1.165) is 5.56 Å². The first kappa shape index (κ1) is 10.9. The Morgan fingerprint density at radius 2 is 2.12 bits per heavy atom. The van der Waals surface area contributed by atoms with Crippen LogP contribution in [-0.4, -0.2) is 14.9 Å². The summed E-state index contributed by atoms with van der Waals surface area (Å²) in [4.78, 5) is 7.85. The van der Waals surface area contributed by atoms with Crippen LogP contribution in [0.5, 0.6) is 0 Å². The van der Waals surface area contributed by atoms with Crippen LogP contribution in [0.3, 0.4) is 0 Å². The highest BCUT2D eigenvalue weighted by atomic mass is 16.5. The van der Waals surface area contributed by atoms with Gasteiger partial charge in [0, 0.05) is 5.56 Å². The molecule has 0 radical (unpaired) electrons. The Bertz CT molecular complexity index is 586. The topological polar surface area (TPSA) is 142 Å². The maximum atomic E-state index is 9.66. The van der Waals surface area contributed by atoms with Gasteiger partial charge in [-0.1, -0.05) is 0 Å². The van der Waals surface area contributed by atoms with E-state index in [1.54, 1.807) is 6.07 Å². The summed E-state index contributed by atoms with van der Waals surface area (Å²) < 4.78 is 5.49. The molecule has 0 aromatic carbocycles. The molecule has 0 aliphatic rings. The van der Waals surface area contributed by atoms with Crippen LogP contribution in [0.15, 0.2) is 28.0 Å². The number of hydrogen-bond acceptors (Lipinski definition) is 7. The van der Waals surface area contributed by atoms with Crippen molar-refractivity contribution in [3.05, 3.63) is 29.6 Å². The minimum Gasteiger partial charge on any atom is -0.472 e. The van der Waals surface area contributed by atoms with E-state index < -0.39 is 0 Å². The first-order valence-electron chi connectivity index (χ1n) is 4.74. The third-order valence-corrected chi connectivity index (χ3v) is 2.15. The van der Waals surface area contributed by atoms with Gasteiger partial charge in [0.1, 0.15) is 0 Å². The Morgan fingerprint density at radius 1 is 1.35 bits per heavy atom. The van der Waals surface area contributed by atoms with Gasteiger partial charge < -0.3 is 26.8 Å². The lowest BCUT2D eigenvalue weighted by Crippen LogP contribution is -2.28. The van der Waals surface area contributed by atoms with Crippen molar-refractivity contribution in [3.8, 4) is 0 Å². The highest BCUT2D eigenvalue weighted by molar-refractivity contribution is 5.55. The van der Waals surface area contributed by atoms with Crippen LogP contribution in [0.1, 0.15) is 5.56 Å². The molecule has 90 valence electrons. The van der Waals surface area contributed by atoms with Crippen molar-refractivity contribution in [1.82, 2.24) is 9.71 Å². The molecule has 2 aromatic rings. The SMILES string of the molecule is Nc1nc(N)c(=NCc2ccoc2)n(O)c1N. The molecule has 8 heteroatoms. The first-order valence-corrected chi connectivity index (χ1v) is 4.74. The zero-order valence-electron chi connectivity index (χ0n) is 8.87. The first-order chi connectivity index (χ1) is 8.09. The molecule has 0 fully saturated rings. The standard InChI is InChI=1S/C9H12N6O2/c10-6-8(12)15(16)9(7(11)14-6)13-3-5-1-2-17-4-5/h1-2,4,16H,3,10,12H2,(H2,11,14). The fraction of sp³-hybridized carbons (Fsp3) is 0.111. The van der Waals surface area contributed by atoms with Gasteiger partial charge in [-0.05, 0) is 6.07 Å². The van der Waals surface area contributed by atoms with E-state index in [9.17, 15) is 5.21 Å². The summed E-state index contributed by atoms with van der Waals surface area (Å²) in [5, 5.41) is 9.66. The number of nitrogens with two attached hydrogens (primary N) is 3. The lowest BCUT2D eigenvalue weighted by Gasteiger charge is -2.07. The van der Waals surface area contributed by atoms with Gasteiger partial charge in [-0.15, -0.1) is 4.73 Å². The summed E-state index contributed by atoms with van der Waals surface area (Å²) in [6.45, 7) is 0.284. The van der Waals surface area contributed by atoms with Gasteiger partial charge in [0.15, 0.2) is 17.5 Å². The molecule has 0 aliphatic carbocycles. The maximum Gasteiger partial charge on any atom is 0.208 e. The molecule has 0 spiro atoms. The van der Waals surface area contributed by atoms with Crippen LogP contribution in [0.25, 0.3) is 0 Å². The largest absolute Gasteiger partial charge is 0.472 e. The molecule has 0 aliphatic heterocycles. The molecule has 2 aromatic heterocycles. The fourth-order valence-electron chi connectivity index (χ4n) is 1.26. The lowest BCUT2D eigenvalue weighted by molar-refractivity contribution is 0.178. The van der Waals surface area contributed by atoms with Gasteiger partial charge in [-0.3, -0.25) is 4.99 Å². The summed E-state index contributed by atoms with van der Waals surface area (Å²) in [6, 6.07) is 1.75. The molecular weight excluding hydrogens is 224 g/mol. The molecule has 17 heavy (non-hydrogen) atoms. The average molecular weight is 236 g/mol. The van der Waals surface area contributed by atoms with E-state index in [0.29, 0.717) is 4.73 Å². The van der Waals surface area contributed by atoms with Gasteiger partial charge in [0.2, 0.25) is 5.49 Å². The average Bonchev–Trinajstić information content (AvgIpc) is 2.79. The normalized spacial score (nSPS) is 11.9. The molecule has 0 atom stereocenters. The summed E-state index contributed by atoms with van der Waals surface area (Å²) in [6.07, 6.45) is 3.06. The zero-order valence-corrected chi connectivity index (χ0v) is 8.87. The maximum absolute atomic E-state index is 9.66. The number of nitrogens with zero attached hydrogens (tertiary/aromatic N) is 3. The molecule has 0 amide bonds. The molecular formula is C9H12N6O2. The minimum absolute atomic E-state index is 0.00250. The number of furan rings is 1. The van der Waals surface area contributed by atoms with Crippen LogP contribution in [0, 0.1) is 0 Å². The number of aromatic nitrogens is 2. The molecule has 0 unspecified atom stereocenters. The van der Waals surface area contributed by atoms with Gasteiger partial charge in [-0.2, -0.15) is 0 Å². The van der Waals surface area contributed by atoms with E-state index in [1.807, 2.05) is 0 Å². The summed E-state index contributed by atoms with van der Waals surface area (Å²) in [7, 11) is 0. The van der Waals surface area contributed by atoms with Crippen molar-refractivity contribution in [3.63, 3.8) is 0 Å². The van der Waals surface area contributed by atoms with Gasteiger partial charge >= 0.3 is 0 Å². The third-order valence-electron chi connectivity index (χ3n) is 2.15. The smallest absolute Gasteiger partial charge is 0.208 e. The van der Waals surface area contributed by atoms with Crippen LogP contribution >= 0.6 is 0 Å². The predicted octanol–water partition coefficient (Wildman–Crippen LogP) is -0.439. The van der Waals surface area contributed by atoms with Crippen molar-refractivity contribution in [2.24, 2.45) is 4.99 Å². The summed E-state index contributed by atoms with van der Waals surface area (Å²) in [5.74, 6) is -0.153. The second-order valence-electron chi connectivity index (χ2n) is 3.35. The van der Waals surface area contributed by atoms with Crippen molar-refractivity contribution >= 4 is 17.5 Å². The molecule has 7 N–H and O–H groups in total. The summed E-state index contributed by atoms with van der Waals surface area (Å²) in [5.41, 5.74) is 17.4. The Balaban J connectivity index is 2.45. The minimum atomic E-state index is -0.106. The van der Waals surface area contributed by atoms with E-state index in [2.05, 4.69) is 9.98 Å². The highest BCUT2D eigenvalue weighted by Gasteiger charge is 2.07. The van der Waals surface area contributed by atoms with Crippen LogP contribution in [-0.2, 0) is 6.54 Å². The van der Waals surface area contributed by atoms with Crippen molar-refractivity contribution in [1.29, 1.82) is 0 Å². The van der Waals surface area contributed by atoms with E-state index >= 15 is 0 Å². The van der Waals surface area contributed by atoms with Crippen molar-refractivity contribution in [2.75, 3.05) is 17.2 Å². The number of hydrogen-bond donors (Lipinski definition) is 4. The van der Waals surface area contributed by atoms with E-state index in [-0.39, 0.29) is 29.5 Å². The Hall–Kier alpha value is -2.64. The van der Waals surface area contributed by atoms with Crippen molar-refractivity contribution < 1.29 is 9.62 Å². The molecule has 0 bridgehead atoms. The Morgan fingerprint density at radius 3 is 2.76 bits per heavy atom. The number of rotatable bonds is 2. The Kier molecular flexibility index (Phi) is 2.61. The molecule has 2 heterocycles. The lowest BCUT2D eigenvalue weighted by atomic mass is 10.3. The molecule has 0 saturated carbocycles.